The quantitative estimate of drug-likeness (QED) is 0.906. The number of carbonyl (C=O) groups excluding carboxylic acids is 1. The molecule has 1 saturated heterocycles. The SMILES string of the molecule is CC(=O)NCC1CCCN(Cc2cc3ccccc3[nH]c2=O)C1. The van der Waals surface area contributed by atoms with Gasteiger partial charge in [0.05, 0.1) is 0 Å². The van der Waals surface area contributed by atoms with Crippen molar-refractivity contribution in [1.82, 2.24) is 15.2 Å². The molecule has 1 aromatic carbocycles. The smallest absolute Gasteiger partial charge is 0.252 e. The molecule has 1 atom stereocenters. The van der Waals surface area contributed by atoms with Crippen LogP contribution in [0.2, 0.25) is 0 Å². The maximum Gasteiger partial charge on any atom is 0.252 e. The van der Waals surface area contributed by atoms with Gasteiger partial charge in [0.15, 0.2) is 0 Å². The van der Waals surface area contributed by atoms with Crippen molar-refractivity contribution in [3.63, 3.8) is 0 Å². The maximum absolute atomic E-state index is 12.3. The monoisotopic (exact) mass is 313 g/mol. The molecule has 5 nitrogen and oxygen atoms in total. The summed E-state index contributed by atoms with van der Waals surface area (Å²) in [6.07, 6.45) is 2.24. The lowest BCUT2D eigenvalue weighted by Crippen LogP contribution is -2.40. The number of pyridine rings is 1. The number of para-hydroxylation sites is 1. The molecule has 0 aliphatic carbocycles. The Bertz CT molecular complexity index is 753. The summed E-state index contributed by atoms with van der Waals surface area (Å²) in [5.41, 5.74) is 1.68. The van der Waals surface area contributed by atoms with E-state index in [1.807, 2.05) is 30.3 Å². The molecule has 1 amide bonds. The van der Waals surface area contributed by atoms with Gasteiger partial charge in [-0.1, -0.05) is 18.2 Å². The number of aromatic amines is 1. The number of hydrogen-bond acceptors (Lipinski definition) is 3. The van der Waals surface area contributed by atoms with Crippen LogP contribution in [0.5, 0.6) is 0 Å². The van der Waals surface area contributed by atoms with E-state index in [-0.39, 0.29) is 11.5 Å². The average Bonchev–Trinajstić information content (AvgIpc) is 2.54. The van der Waals surface area contributed by atoms with Crippen molar-refractivity contribution in [2.45, 2.75) is 26.3 Å². The second-order valence-corrected chi connectivity index (χ2v) is 6.39. The zero-order chi connectivity index (χ0) is 16.2. The van der Waals surface area contributed by atoms with Gasteiger partial charge in [0.25, 0.3) is 5.56 Å². The highest BCUT2D eigenvalue weighted by molar-refractivity contribution is 5.78. The van der Waals surface area contributed by atoms with Crippen LogP contribution in [0.15, 0.2) is 35.1 Å². The Balaban J connectivity index is 1.70. The third-order valence-corrected chi connectivity index (χ3v) is 4.47. The van der Waals surface area contributed by atoms with Gasteiger partial charge in [-0.25, -0.2) is 0 Å². The van der Waals surface area contributed by atoms with Crippen LogP contribution in [0.4, 0.5) is 0 Å². The first-order valence-corrected chi connectivity index (χ1v) is 8.19. The molecule has 0 radical (unpaired) electrons. The fourth-order valence-electron chi connectivity index (χ4n) is 3.30. The van der Waals surface area contributed by atoms with Crippen molar-refractivity contribution >= 4 is 16.8 Å². The summed E-state index contributed by atoms with van der Waals surface area (Å²) >= 11 is 0. The third-order valence-electron chi connectivity index (χ3n) is 4.47. The summed E-state index contributed by atoms with van der Waals surface area (Å²) in [7, 11) is 0. The molecule has 1 aromatic heterocycles. The molecule has 1 aliphatic rings. The zero-order valence-corrected chi connectivity index (χ0v) is 13.5. The molecule has 2 heterocycles. The van der Waals surface area contributed by atoms with Crippen molar-refractivity contribution in [2.24, 2.45) is 5.92 Å². The van der Waals surface area contributed by atoms with Crippen LogP contribution < -0.4 is 10.9 Å². The fraction of sp³-hybridized carbons (Fsp3) is 0.444. The second kappa shape index (κ2) is 6.96. The molecule has 0 spiro atoms. The summed E-state index contributed by atoms with van der Waals surface area (Å²) in [5, 5.41) is 3.97. The summed E-state index contributed by atoms with van der Waals surface area (Å²) < 4.78 is 0. The van der Waals surface area contributed by atoms with Crippen LogP contribution in [0.3, 0.4) is 0 Å². The Labute approximate surface area is 135 Å². The van der Waals surface area contributed by atoms with Crippen LogP contribution in [-0.4, -0.2) is 35.4 Å². The minimum absolute atomic E-state index is 0.00677. The average molecular weight is 313 g/mol. The van der Waals surface area contributed by atoms with Crippen molar-refractivity contribution in [3.8, 4) is 0 Å². The first-order valence-electron chi connectivity index (χ1n) is 8.19. The number of nitrogens with one attached hydrogen (secondary N) is 2. The van der Waals surface area contributed by atoms with E-state index >= 15 is 0 Å². The highest BCUT2D eigenvalue weighted by Gasteiger charge is 2.20. The molecule has 122 valence electrons. The van der Waals surface area contributed by atoms with E-state index in [9.17, 15) is 9.59 Å². The molecule has 2 aromatic rings. The molecule has 0 bridgehead atoms. The van der Waals surface area contributed by atoms with Gasteiger partial charge < -0.3 is 10.3 Å². The van der Waals surface area contributed by atoms with Gasteiger partial charge in [0.1, 0.15) is 0 Å². The third kappa shape index (κ3) is 3.99. The van der Waals surface area contributed by atoms with Gasteiger partial charge in [-0.2, -0.15) is 0 Å². The van der Waals surface area contributed by atoms with Crippen LogP contribution in [-0.2, 0) is 11.3 Å². The van der Waals surface area contributed by atoms with Gasteiger partial charge >= 0.3 is 0 Å². The topological polar surface area (TPSA) is 65.2 Å². The lowest BCUT2D eigenvalue weighted by molar-refractivity contribution is -0.119. The second-order valence-electron chi connectivity index (χ2n) is 6.39. The van der Waals surface area contributed by atoms with Crippen molar-refractivity contribution in [2.75, 3.05) is 19.6 Å². The van der Waals surface area contributed by atoms with Gasteiger partial charge in [0, 0.05) is 37.6 Å². The number of aromatic nitrogens is 1. The number of hydrogen-bond donors (Lipinski definition) is 2. The standard InChI is InChI=1S/C18H23N3O2/c1-13(22)19-10-14-5-4-8-21(11-14)12-16-9-15-6-2-3-7-17(15)20-18(16)23/h2-3,6-7,9,14H,4-5,8,10-12H2,1H3,(H,19,22)(H,20,23). The van der Waals surface area contributed by atoms with Crippen molar-refractivity contribution in [1.29, 1.82) is 0 Å². The normalized spacial score (nSPS) is 18.9. The fourth-order valence-corrected chi connectivity index (χ4v) is 3.30. The lowest BCUT2D eigenvalue weighted by Gasteiger charge is -2.32. The Morgan fingerprint density at radius 1 is 1.39 bits per heavy atom. The molecule has 1 fully saturated rings. The van der Waals surface area contributed by atoms with Gasteiger partial charge in [0.2, 0.25) is 5.91 Å². The Morgan fingerprint density at radius 3 is 3.04 bits per heavy atom. The minimum Gasteiger partial charge on any atom is -0.356 e. The number of fused-ring (bicyclic) bond motifs is 1. The van der Waals surface area contributed by atoms with E-state index in [0.29, 0.717) is 12.5 Å². The molecule has 3 rings (SSSR count). The number of benzene rings is 1. The Kier molecular flexibility index (Phi) is 4.76. The number of amides is 1. The molecule has 1 unspecified atom stereocenters. The Morgan fingerprint density at radius 2 is 2.22 bits per heavy atom. The predicted molar refractivity (Wildman–Crippen MR) is 91.3 cm³/mol. The molecule has 5 heteroatoms. The van der Waals surface area contributed by atoms with E-state index in [2.05, 4.69) is 15.2 Å². The minimum atomic E-state index is -0.00677. The number of H-pyrrole nitrogens is 1. The van der Waals surface area contributed by atoms with E-state index in [0.717, 1.165) is 48.9 Å². The van der Waals surface area contributed by atoms with Crippen LogP contribution >= 0.6 is 0 Å². The van der Waals surface area contributed by atoms with Gasteiger partial charge in [-0.05, 0) is 42.8 Å². The van der Waals surface area contributed by atoms with Gasteiger partial charge in [-0.15, -0.1) is 0 Å². The Hall–Kier alpha value is -2.14. The lowest BCUT2D eigenvalue weighted by atomic mass is 9.97. The summed E-state index contributed by atoms with van der Waals surface area (Å²) in [4.78, 5) is 28.6. The van der Waals surface area contributed by atoms with E-state index < -0.39 is 0 Å². The molecule has 2 N–H and O–H groups in total. The number of nitrogens with zero attached hydrogens (tertiary/aromatic N) is 1. The van der Waals surface area contributed by atoms with Crippen LogP contribution in [0.25, 0.3) is 10.9 Å². The summed E-state index contributed by atoms with van der Waals surface area (Å²) in [6.45, 7) is 4.86. The van der Waals surface area contributed by atoms with Crippen molar-refractivity contribution in [3.05, 3.63) is 46.2 Å². The number of carbonyl (C=O) groups is 1. The highest BCUT2D eigenvalue weighted by Crippen LogP contribution is 2.18. The van der Waals surface area contributed by atoms with E-state index in [1.165, 1.54) is 0 Å². The van der Waals surface area contributed by atoms with Crippen LogP contribution in [0, 0.1) is 5.92 Å². The molecular weight excluding hydrogens is 290 g/mol. The van der Waals surface area contributed by atoms with E-state index in [4.69, 9.17) is 0 Å². The first-order chi connectivity index (χ1) is 11.1. The zero-order valence-electron chi connectivity index (χ0n) is 13.5. The first kappa shape index (κ1) is 15.7. The molecule has 0 saturated carbocycles. The number of likely N-dealkylation sites (tertiary alicyclic amines) is 1. The van der Waals surface area contributed by atoms with Crippen molar-refractivity contribution < 1.29 is 4.79 Å². The maximum atomic E-state index is 12.3. The number of piperidine rings is 1. The molecule has 23 heavy (non-hydrogen) atoms. The largest absolute Gasteiger partial charge is 0.356 e. The molecular formula is C18H23N3O2. The molecule has 1 aliphatic heterocycles. The summed E-state index contributed by atoms with van der Waals surface area (Å²) in [6, 6.07) is 9.84. The van der Waals surface area contributed by atoms with E-state index in [1.54, 1.807) is 6.92 Å². The van der Waals surface area contributed by atoms with Gasteiger partial charge in [-0.3, -0.25) is 14.5 Å². The predicted octanol–water partition coefficient (Wildman–Crippen LogP) is 1.88. The highest BCUT2D eigenvalue weighted by atomic mass is 16.1. The van der Waals surface area contributed by atoms with Crippen LogP contribution in [0.1, 0.15) is 25.3 Å². The summed E-state index contributed by atoms with van der Waals surface area (Å²) in [5.74, 6) is 0.486. The number of rotatable bonds is 4.